The maximum atomic E-state index is 11.5. The maximum Gasteiger partial charge on any atom is 0.310 e. The van der Waals surface area contributed by atoms with Gasteiger partial charge in [0.15, 0.2) is 0 Å². The van der Waals surface area contributed by atoms with Crippen molar-refractivity contribution in [2.75, 3.05) is 6.61 Å². The van der Waals surface area contributed by atoms with Crippen LogP contribution in [0.1, 0.15) is 23.6 Å². The number of rotatable bonds is 5. The number of esters is 1. The quantitative estimate of drug-likeness (QED) is 0.358. The van der Waals surface area contributed by atoms with Gasteiger partial charge in [-0.15, -0.1) is 0 Å². The van der Waals surface area contributed by atoms with Crippen molar-refractivity contribution in [1.82, 2.24) is 0 Å². The predicted octanol–water partition coefficient (Wildman–Crippen LogP) is 2.47. The van der Waals surface area contributed by atoms with Crippen LogP contribution in [0, 0.1) is 21.4 Å². The summed E-state index contributed by atoms with van der Waals surface area (Å²) >= 11 is 3.15. The number of hydrogen-bond donors (Lipinski definition) is 0. The predicted molar refractivity (Wildman–Crippen MR) is 70.8 cm³/mol. The first kappa shape index (κ1) is 15.1. The molecular formula is C12H11BrN2O4. The summed E-state index contributed by atoms with van der Waals surface area (Å²) in [6, 6.07) is 4.55. The van der Waals surface area contributed by atoms with Crippen LogP contribution in [0.25, 0.3) is 0 Å². The third-order valence-electron chi connectivity index (χ3n) is 2.48. The Morgan fingerprint density at radius 1 is 1.53 bits per heavy atom. The van der Waals surface area contributed by atoms with E-state index in [1.807, 2.05) is 6.07 Å². The molecule has 100 valence electrons. The van der Waals surface area contributed by atoms with Gasteiger partial charge in [0, 0.05) is 17.0 Å². The number of nitro groups is 1. The highest BCUT2D eigenvalue weighted by molar-refractivity contribution is 9.08. The molecule has 1 aromatic rings. The third-order valence-corrected chi connectivity index (χ3v) is 3.04. The largest absolute Gasteiger partial charge is 0.466 e. The minimum atomic E-state index is -0.535. The summed E-state index contributed by atoms with van der Waals surface area (Å²) in [5.74, 6) is -0.512. The molecule has 0 N–H and O–H groups in total. The van der Waals surface area contributed by atoms with Gasteiger partial charge in [0.05, 0.1) is 29.6 Å². The molecule has 0 unspecified atom stereocenters. The van der Waals surface area contributed by atoms with E-state index >= 15 is 0 Å². The minimum Gasteiger partial charge on any atom is -0.466 e. The molecule has 19 heavy (non-hydrogen) atoms. The number of benzene rings is 1. The molecule has 0 aliphatic carbocycles. The van der Waals surface area contributed by atoms with Crippen LogP contribution in [0.5, 0.6) is 0 Å². The Kier molecular flexibility index (Phi) is 5.45. The minimum absolute atomic E-state index is 0.116. The highest BCUT2D eigenvalue weighted by Crippen LogP contribution is 2.28. The molecule has 0 atom stereocenters. The van der Waals surface area contributed by atoms with Crippen LogP contribution in [-0.4, -0.2) is 17.5 Å². The van der Waals surface area contributed by atoms with Crippen molar-refractivity contribution >= 4 is 27.6 Å². The number of hydrogen-bond acceptors (Lipinski definition) is 5. The van der Waals surface area contributed by atoms with Gasteiger partial charge in [-0.1, -0.05) is 15.9 Å². The zero-order valence-electron chi connectivity index (χ0n) is 10.2. The van der Waals surface area contributed by atoms with E-state index in [1.54, 1.807) is 6.92 Å². The summed E-state index contributed by atoms with van der Waals surface area (Å²) in [5.41, 5.74) is 0.799. The van der Waals surface area contributed by atoms with Gasteiger partial charge in [-0.25, -0.2) is 0 Å². The molecule has 0 aromatic heterocycles. The third kappa shape index (κ3) is 3.51. The van der Waals surface area contributed by atoms with Gasteiger partial charge < -0.3 is 4.74 Å². The Labute approximate surface area is 118 Å². The fourth-order valence-electron chi connectivity index (χ4n) is 1.66. The first-order valence-electron chi connectivity index (χ1n) is 5.45. The van der Waals surface area contributed by atoms with Crippen molar-refractivity contribution in [3.63, 3.8) is 0 Å². The number of nitrogens with zero attached hydrogens (tertiary/aromatic N) is 2. The smallest absolute Gasteiger partial charge is 0.310 e. The molecule has 0 saturated heterocycles. The number of halogens is 1. The Hall–Kier alpha value is -1.94. The summed E-state index contributed by atoms with van der Waals surface area (Å²) in [6.07, 6.45) is -0.153. The number of nitro benzene ring substituents is 1. The van der Waals surface area contributed by atoms with E-state index in [-0.39, 0.29) is 29.6 Å². The summed E-state index contributed by atoms with van der Waals surface area (Å²) in [6.45, 7) is 1.89. The van der Waals surface area contributed by atoms with Gasteiger partial charge in [-0.3, -0.25) is 14.9 Å². The van der Waals surface area contributed by atoms with Crippen LogP contribution in [-0.2, 0) is 21.3 Å². The molecule has 1 aromatic carbocycles. The fourth-order valence-corrected chi connectivity index (χ4v) is 2.29. The summed E-state index contributed by atoms with van der Waals surface area (Å²) < 4.78 is 4.81. The molecule has 0 saturated carbocycles. The first-order valence-corrected chi connectivity index (χ1v) is 6.58. The standard InChI is InChI=1S/C12H11BrN2O4/c1-2-19-12(16)5-9-8(7-14)3-4-11(15(17)18)10(9)6-13/h3-4H,2,5-6H2,1H3. The van der Waals surface area contributed by atoms with E-state index in [2.05, 4.69) is 15.9 Å². The van der Waals surface area contributed by atoms with Crippen LogP contribution in [0.15, 0.2) is 12.1 Å². The molecule has 0 fully saturated rings. The lowest BCUT2D eigenvalue weighted by Gasteiger charge is -2.09. The molecule has 7 heteroatoms. The van der Waals surface area contributed by atoms with Crippen molar-refractivity contribution in [2.45, 2.75) is 18.7 Å². The lowest BCUT2D eigenvalue weighted by molar-refractivity contribution is -0.385. The lowest BCUT2D eigenvalue weighted by atomic mass is 9.98. The van der Waals surface area contributed by atoms with Crippen LogP contribution >= 0.6 is 15.9 Å². The van der Waals surface area contributed by atoms with E-state index in [0.717, 1.165) is 0 Å². The lowest BCUT2D eigenvalue weighted by Crippen LogP contribution is -2.11. The zero-order chi connectivity index (χ0) is 14.4. The molecule has 1 rings (SSSR count). The monoisotopic (exact) mass is 326 g/mol. The van der Waals surface area contributed by atoms with Gasteiger partial charge >= 0.3 is 5.97 Å². The van der Waals surface area contributed by atoms with Crippen LogP contribution < -0.4 is 0 Å². The average Bonchev–Trinajstić information content (AvgIpc) is 2.38. The second-order valence-electron chi connectivity index (χ2n) is 3.57. The Bertz CT molecular complexity index is 551. The fraction of sp³-hybridized carbons (Fsp3) is 0.333. The van der Waals surface area contributed by atoms with Crippen molar-refractivity contribution in [3.8, 4) is 6.07 Å². The molecule has 0 spiro atoms. The highest BCUT2D eigenvalue weighted by Gasteiger charge is 2.22. The van der Waals surface area contributed by atoms with Gasteiger partial charge in [0.1, 0.15) is 0 Å². The number of carbonyl (C=O) groups excluding carboxylic acids is 1. The molecule has 0 amide bonds. The molecule has 0 heterocycles. The Morgan fingerprint density at radius 2 is 2.21 bits per heavy atom. The normalized spacial score (nSPS) is 9.74. The molecule has 0 aliphatic rings. The van der Waals surface area contributed by atoms with Crippen molar-refractivity contribution in [1.29, 1.82) is 5.26 Å². The summed E-state index contributed by atoms with van der Waals surface area (Å²) in [7, 11) is 0. The summed E-state index contributed by atoms with van der Waals surface area (Å²) in [4.78, 5) is 21.9. The number of ether oxygens (including phenoxy) is 1. The molecule has 0 radical (unpaired) electrons. The molecule has 0 bridgehead atoms. The van der Waals surface area contributed by atoms with E-state index in [9.17, 15) is 14.9 Å². The van der Waals surface area contributed by atoms with Crippen LogP contribution in [0.2, 0.25) is 0 Å². The van der Waals surface area contributed by atoms with Crippen LogP contribution in [0.4, 0.5) is 5.69 Å². The second kappa shape index (κ2) is 6.85. The van der Waals surface area contributed by atoms with Crippen LogP contribution in [0.3, 0.4) is 0 Å². The average molecular weight is 327 g/mol. The first-order chi connectivity index (χ1) is 9.04. The number of carbonyl (C=O) groups is 1. The van der Waals surface area contributed by atoms with E-state index < -0.39 is 10.9 Å². The molecule has 0 aliphatic heterocycles. The second-order valence-corrected chi connectivity index (χ2v) is 4.13. The summed E-state index contributed by atoms with van der Waals surface area (Å²) in [5, 5.41) is 20.1. The maximum absolute atomic E-state index is 11.5. The van der Waals surface area contributed by atoms with Gasteiger partial charge in [-0.05, 0) is 18.6 Å². The highest BCUT2D eigenvalue weighted by atomic mass is 79.9. The van der Waals surface area contributed by atoms with Gasteiger partial charge in [0.25, 0.3) is 5.69 Å². The van der Waals surface area contributed by atoms with Gasteiger partial charge in [0.2, 0.25) is 0 Å². The van der Waals surface area contributed by atoms with E-state index in [0.29, 0.717) is 11.1 Å². The molecular weight excluding hydrogens is 316 g/mol. The zero-order valence-corrected chi connectivity index (χ0v) is 11.8. The Balaban J connectivity index is 3.32. The van der Waals surface area contributed by atoms with Crippen molar-refractivity contribution < 1.29 is 14.5 Å². The SMILES string of the molecule is CCOC(=O)Cc1c(C#N)ccc([N+](=O)[O-])c1CBr. The van der Waals surface area contributed by atoms with Gasteiger partial charge in [-0.2, -0.15) is 5.26 Å². The van der Waals surface area contributed by atoms with E-state index in [1.165, 1.54) is 12.1 Å². The molecule has 6 nitrogen and oxygen atoms in total. The topological polar surface area (TPSA) is 93.2 Å². The van der Waals surface area contributed by atoms with Crippen molar-refractivity contribution in [3.05, 3.63) is 38.9 Å². The van der Waals surface area contributed by atoms with E-state index in [4.69, 9.17) is 10.00 Å². The van der Waals surface area contributed by atoms with Crippen molar-refractivity contribution in [2.24, 2.45) is 0 Å². The number of nitriles is 1. The Morgan fingerprint density at radius 3 is 2.68 bits per heavy atom. The number of alkyl halides is 1.